The first kappa shape index (κ1) is 10.7. The van der Waals surface area contributed by atoms with Crippen LogP contribution in [0.25, 0.3) is 0 Å². The van der Waals surface area contributed by atoms with Crippen LogP contribution in [0.5, 0.6) is 0 Å². The Bertz CT molecular complexity index is 315. The molecule has 1 saturated carbocycles. The molecule has 1 N–H and O–H groups in total. The lowest BCUT2D eigenvalue weighted by atomic mass is 9.76. The molecule has 0 saturated heterocycles. The Morgan fingerprint density at radius 1 is 1.33 bits per heavy atom. The summed E-state index contributed by atoms with van der Waals surface area (Å²) in [4.78, 5) is 0. The Kier molecular flexibility index (Phi) is 3.42. The van der Waals surface area contributed by atoms with Crippen LogP contribution in [-0.4, -0.2) is 7.05 Å². The monoisotopic (exact) mass is 203 g/mol. The lowest BCUT2D eigenvalue weighted by molar-refractivity contribution is 0.238. The molecule has 0 aromatic heterocycles. The number of aryl methyl sites for hydroxylation is 1. The van der Waals surface area contributed by atoms with Gasteiger partial charge in [-0.2, -0.15) is 0 Å². The number of benzene rings is 1. The van der Waals surface area contributed by atoms with Crippen molar-refractivity contribution in [2.75, 3.05) is 7.05 Å². The maximum absolute atomic E-state index is 3.50. The molecule has 1 unspecified atom stereocenters. The quantitative estimate of drug-likeness (QED) is 0.791. The first-order chi connectivity index (χ1) is 7.36. The minimum atomic E-state index is 0.579. The van der Waals surface area contributed by atoms with Crippen molar-refractivity contribution < 1.29 is 0 Å². The zero-order chi connectivity index (χ0) is 10.7. The molecule has 1 fully saturated rings. The second-order valence-electron chi connectivity index (χ2n) is 4.51. The van der Waals surface area contributed by atoms with Gasteiger partial charge in [-0.3, -0.25) is 0 Å². The summed E-state index contributed by atoms with van der Waals surface area (Å²) in [6.07, 6.45) is 5.34. The van der Waals surface area contributed by atoms with Gasteiger partial charge in [0.25, 0.3) is 0 Å². The summed E-state index contributed by atoms with van der Waals surface area (Å²) in [7, 11) is 2.09. The van der Waals surface area contributed by atoms with E-state index >= 15 is 0 Å². The van der Waals surface area contributed by atoms with Crippen LogP contribution in [0.2, 0.25) is 0 Å². The summed E-state index contributed by atoms with van der Waals surface area (Å²) >= 11 is 0. The average Bonchev–Trinajstić information content (AvgIpc) is 2.23. The molecular formula is C14H21N. The lowest BCUT2D eigenvalue weighted by Gasteiger charge is -2.35. The third kappa shape index (κ3) is 2.07. The highest BCUT2D eigenvalue weighted by Crippen LogP contribution is 2.38. The fourth-order valence-electron chi connectivity index (χ4n) is 2.58. The summed E-state index contributed by atoms with van der Waals surface area (Å²) in [5.74, 6) is 0.864. The molecule has 0 amide bonds. The van der Waals surface area contributed by atoms with Crippen LogP contribution in [0.15, 0.2) is 24.3 Å². The molecule has 0 radical (unpaired) electrons. The fourth-order valence-corrected chi connectivity index (χ4v) is 2.58. The van der Waals surface area contributed by atoms with Gasteiger partial charge in [0.2, 0.25) is 0 Å². The Morgan fingerprint density at radius 3 is 2.60 bits per heavy atom. The van der Waals surface area contributed by atoms with E-state index in [0.717, 1.165) is 12.3 Å². The molecule has 1 heteroatoms. The van der Waals surface area contributed by atoms with Gasteiger partial charge >= 0.3 is 0 Å². The lowest BCUT2D eigenvalue weighted by Crippen LogP contribution is -2.30. The second kappa shape index (κ2) is 4.80. The molecule has 1 aromatic carbocycles. The summed E-state index contributed by atoms with van der Waals surface area (Å²) in [6.45, 7) is 2.24. The molecule has 82 valence electrons. The average molecular weight is 203 g/mol. The van der Waals surface area contributed by atoms with Crippen LogP contribution in [-0.2, 0) is 6.42 Å². The largest absolute Gasteiger partial charge is 0.313 e. The smallest absolute Gasteiger partial charge is 0.0348 e. The van der Waals surface area contributed by atoms with Gasteiger partial charge in [-0.1, -0.05) is 37.6 Å². The van der Waals surface area contributed by atoms with Crippen LogP contribution < -0.4 is 5.32 Å². The Hall–Kier alpha value is -0.820. The van der Waals surface area contributed by atoms with E-state index in [1.54, 1.807) is 0 Å². The van der Waals surface area contributed by atoms with Crippen LogP contribution in [0.1, 0.15) is 43.4 Å². The highest BCUT2D eigenvalue weighted by atomic mass is 14.9. The van der Waals surface area contributed by atoms with Crippen molar-refractivity contribution in [3.05, 3.63) is 35.4 Å². The molecule has 1 aliphatic rings. The van der Waals surface area contributed by atoms with Gasteiger partial charge < -0.3 is 5.32 Å². The van der Waals surface area contributed by atoms with Crippen molar-refractivity contribution in [1.29, 1.82) is 0 Å². The van der Waals surface area contributed by atoms with Crippen LogP contribution >= 0.6 is 0 Å². The molecule has 1 aromatic rings. The van der Waals surface area contributed by atoms with E-state index in [0.29, 0.717) is 6.04 Å². The van der Waals surface area contributed by atoms with Crippen molar-refractivity contribution in [3.8, 4) is 0 Å². The normalized spacial score (nSPS) is 18.5. The first-order valence-corrected chi connectivity index (χ1v) is 6.12. The maximum atomic E-state index is 3.50. The maximum Gasteiger partial charge on any atom is 0.0348 e. The molecule has 2 rings (SSSR count). The van der Waals surface area contributed by atoms with Gasteiger partial charge in [-0.05, 0) is 43.4 Å². The topological polar surface area (TPSA) is 12.0 Å². The van der Waals surface area contributed by atoms with E-state index in [9.17, 15) is 0 Å². The van der Waals surface area contributed by atoms with Gasteiger partial charge in [0.05, 0.1) is 0 Å². The third-order valence-corrected chi connectivity index (χ3v) is 3.70. The predicted octanol–water partition coefficient (Wildman–Crippen LogP) is 3.31. The molecule has 1 atom stereocenters. The van der Waals surface area contributed by atoms with Crippen LogP contribution in [0.3, 0.4) is 0 Å². The molecule has 0 bridgehead atoms. The summed E-state index contributed by atoms with van der Waals surface area (Å²) < 4.78 is 0. The molecule has 15 heavy (non-hydrogen) atoms. The predicted molar refractivity (Wildman–Crippen MR) is 65.0 cm³/mol. The second-order valence-corrected chi connectivity index (χ2v) is 4.51. The molecule has 1 nitrogen and oxygen atoms in total. The molecule has 0 spiro atoms. The van der Waals surface area contributed by atoms with Gasteiger partial charge in [-0.15, -0.1) is 0 Å². The SMILES string of the molecule is CCc1ccccc1C(NC)C1CCC1. The number of hydrogen-bond donors (Lipinski definition) is 1. The summed E-state index contributed by atoms with van der Waals surface area (Å²) in [5.41, 5.74) is 3.02. The van der Waals surface area contributed by atoms with Gasteiger partial charge in [0.15, 0.2) is 0 Å². The molecular weight excluding hydrogens is 182 g/mol. The third-order valence-electron chi connectivity index (χ3n) is 3.70. The van der Waals surface area contributed by atoms with Crippen LogP contribution in [0, 0.1) is 5.92 Å². The van der Waals surface area contributed by atoms with Crippen molar-refractivity contribution in [1.82, 2.24) is 5.32 Å². The van der Waals surface area contributed by atoms with Crippen molar-refractivity contribution >= 4 is 0 Å². The van der Waals surface area contributed by atoms with Gasteiger partial charge in [0, 0.05) is 6.04 Å². The molecule has 0 heterocycles. The van der Waals surface area contributed by atoms with E-state index in [1.807, 2.05) is 0 Å². The zero-order valence-electron chi connectivity index (χ0n) is 9.79. The summed E-state index contributed by atoms with van der Waals surface area (Å²) in [6, 6.07) is 9.44. The minimum Gasteiger partial charge on any atom is -0.313 e. The Morgan fingerprint density at radius 2 is 2.07 bits per heavy atom. The number of hydrogen-bond acceptors (Lipinski definition) is 1. The highest BCUT2D eigenvalue weighted by Gasteiger charge is 2.28. The first-order valence-electron chi connectivity index (χ1n) is 6.12. The van der Waals surface area contributed by atoms with Crippen molar-refractivity contribution in [2.24, 2.45) is 5.92 Å². The Labute approximate surface area is 92.9 Å². The fraction of sp³-hybridized carbons (Fsp3) is 0.571. The van der Waals surface area contributed by atoms with Gasteiger partial charge in [-0.25, -0.2) is 0 Å². The van der Waals surface area contributed by atoms with Crippen molar-refractivity contribution in [3.63, 3.8) is 0 Å². The number of rotatable bonds is 4. The van der Waals surface area contributed by atoms with E-state index < -0.39 is 0 Å². The highest BCUT2D eigenvalue weighted by molar-refractivity contribution is 5.30. The van der Waals surface area contributed by atoms with E-state index in [2.05, 4.69) is 43.6 Å². The van der Waals surface area contributed by atoms with E-state index in [-0.39, 0.29) is 0 Å². The standard InChI is InChI=1S/C14H21N/c1-3-11-7-4-5-10-13(11)14(15-2)12-8-6-9-12/h4-5,7,10,12,14-15H,3,6,8-9H2,1-2H3. The molecule has 0 aliphatic heterocycles. The zero-order valence-corrected chi connectivity index (χ0v) is 9.79. The van der Waals surface area contributed by atoms with Crippen molar-refractivity contribution in [2.45, 2.75) is 38.6 Å². The van der Waals surface area contributed by atoms with E-state index in [1.165, 1.54) is 30.4 Å². The minimum absolute atomic E-state index is 0.579. The Balaban J connectivity index is 2.24. The van der Waals surface area contributed by atoms with Crippen LogP contribution in [0.4, 0.5) is 0 Å². The number of nitrogens with one attached hydrogen (secondary N) is 1. The van der Waals surface area contributed by atoms with E-state index in [4.69, 9.17) is 0 Å². The van der Waals surface area contributed by atoms with Gasteiger partial charge in [0.1, 0.15) is 0 Å². The molecule has 1 aliphatic carbocycles. The summed E-state index contributed by atoms with van der Waals surface area (Å²) in [5, 5.41) is 3.50.